The van der Waals surface area contributed by atoms with Crippen molar-refractivity contribution in [3.8, 4) is 0 Å². The molecule has 6 heteroatoms. The molecule has 2 N–H and O–H groups in total. The van der Waals surface area contributed by atoms with E-state index in [2.05, 4.69) is 10.6 Å². The molecular formula is C19H23N3O2S. The lowest BCUT2D eigenvalue weighted by Gasteiger charge is -2.32. The zero-order chi connectivity index (χ0) is 17.8. The lowest BCUT2D eigenvalue weighted by Crippen LogP contribution is -2.48. The van der Waals surface area contributed by atoms with Crippen molar-refractivity contribution in [3.63, 3.8) is 0 Å². The molecule has 0 radical (unpaired) electrons. The van der Waals surface area contributed by atoms with E-state index in [0.717, 1.165) is 29.2 Å². The maximum Gasteiger partial charge on any atom is 0.263 e. The second-order valence-electron chi connectivity index (χ2n) is 6.49. The number of anilines is 1. The molecule has 132 valence electrons. The van der Waals surface area contributed by atoms with Crippen LogP contribution in [-0.2, 0) is 11.3 Å². The summed E-state index contributed by atoms with van der Waals surface area (Å²) >= 11 is 1.43. The van der Waals surface area contributed by atoms with Gasteiger partial charge in [0.15, 0.2) is 0 Å². The van der Waals surface area contributed by atoms with E-state index in [1.165, 1.54) is 11.3 Å². The number of hydrogen-bond acceptors (Lipinski definition) is 4. The van der Waals surface area contributed by atoms with Crippen LogP contribution in [0.5, 0.6) is 0 Å². The largest absolute Gasteiger partial charge is 0.337 e. The first kappa shape index (κ1) is 17.6. The summed E-state index contributed by atoms with van der Waals surface area (Å²) in [6.45, 7) is 4.21. The summed E-state index contributed by atoms with van der Waals surface area (Å²) in [7, 11) is 1.78. The highest BCUT2D eigenvalue weighted by Crippen LogP contribution is 2.22. The van der Waals surface area contributed by atoms with Crippen LogP contribution in [0.2, 0.25) is 0 Å². The molecule has 0 saturated carbocycles. The Morgan fingerprint density at radius 1 is 1.28 bits per heavy atom. The van der Waals surface area contributed by atoms with Gasteiger partial charge in [-0.3, -0.25) is 9.59 Å². The van der Waals surface area contributed by atoms with E-state index in [4.69, 9.17) is 0 Å². The smallest absolute Gasteiger partial charge is 0.263 e. The molecule has 0 bridgehead atoms. The summed E-state index contributed by atoms with van der Waals surface area (Å²) < 4.78 is 0. The minimum Gasteiger partial charge on any atom is -0.337 e. The molecule has 1 aliphatic heterocycles. The number of rotatable bonds is 6. The Balaban J connectivity index is 1.68. The Morgan fingerprint density at radius 3 is 2.68 bits per heavy atom. The van der Waals surface area contributed by atoms with E-state index < -0.39 is 0 Å². The summed E-state index contributed by atoms with van der Waals surface area (Å²) in [5, 5.41) is 8.13. The molecule has 1 aromatic carbocycles. The standard InChI is InChI=1S/C19H23N3O2S/c1-13(15-10-20-11-15)18(23)21-16-7-4-3-6-14(16)12-22(2)19(24)17-8-5-9-25-17/h3-9,13,15,20H,10-12H2,1-2H3,(H,21,23). The van der Waals surface area contributed by atoms with Gasteiger partial charge in [0.25, 0.3) is 5.91 Å². The predicted octanol–water partition coefficient (Wildman–Crippen LogP) is 2.81. The number of hydrogen-bond donors (Lipinski definition) is 2. The van der Waals surface area contributed by atoms with Crippen molar-refractivity contribution in [2.24, 2.45) is 11.8 Å². The monoisotopic (exact) mass is 357 g/mol. The van der Waals surface area contributed by atoms with Gasteiger partial charge < -0.3 is 15.5 Å². The van der Waals surface area contributed by atoms with Crippen LogP contribution in [0.15, 0.2) is 41.8 Å². The number of benzene rings is 1. The summed E-state index contributed by atoms with van der Waals surface area (Å²) in [6.07, 6.45) is 0. The lowest BCUT2D eigenvalue weighted by atomic mass is 9.88. The molecule has 1 atom stereocenters. The van der Waals surface area contributed by atoms with Crippen molar-refractivity contribution in [1.82, 2.24) is 10.2 Å². The molecule has 0 aliphatic carbocycles. The van der Waals surface area contributed by atoms with Crippen molar-refractivity contribution in [1.29, 1.82) is 0 Å². The Hall–Kier alpha value is -2.18. The number of nitrogens with one attached hydrogen (secondary N) is 2. The Bertz CT molecular complexity index is 741. The number of para-hydroxylation sites is 1. The maximum absolute atomic E-state index is 12.5. The van der Waals surface area contributed by atoms with Crippen LogP contribution >= 0.6 is 11.3 Å². The molecule has 1 aliphatic rings. The normalized spacial score (nSPS) is 15.3. The minimum atomic E-state index is -0.0280. The van der Waals surface area contributed by atoms with Crippen molar-refractivity contribution in [2.45, 2.75) is 13.5 Å². The van der Waals surface area contributed by atoms with Crippen LogP contribution in [0.1, 0.15) is 22.2 Å². The van der Waals surface area contributed by atoms with E-state index >= 15 is 0 Å². The van der Waals surface area contributed by atoms with Crippen LogP contribution in [0, 0.1) is 11.8 Å². The fourth-order valence-electron chi connectivity index (χ4n) is 2.82. The SMILES string of the molecule is CC(C(=O)Nc1ccccc1CN(C)C(=O)c1cccs1)C1CNC1. The topological polar surface area (TPSA) is 61.4 Å². The van der Waals surface area contributed by atoms with Crippen LogP contribution < -0.4 is 10.6 Å². The number of nitrogens with zero attached hydrogens (tertiary/aromatic N) is 1. The van der Waals surface area contributed by atoms with E-state index in [1.54, 1.807) is 11.9 Å². The number of thiophene rings is 1. The minimum absolute atomic E-state index is 0.00922. The molecule has 1 aromatic heterocycles. The summed E-state index contributed by atoms with van der Waals surface area (Å²) in [5.74, 6) is 0.395. The fourth-order valence-corrected chi connectivity index (χ4v) is 3.54. The molecule has 2 heterocycles. The van der Waals surface area contributed by atoms with Crippen molar-refractivity contribution in [2.75, 3.05) is 25.5 Å². The Morgan fingerprint density at radius 2 is 2.04 bits per heavy atom. The van der Waals surface area contributed by atoms with Crippen LogP contribution in [-0.4, -0.2) is 36.9 Å². The number of carbonyl (C=O) groups excluding carboxylic acids is 2. The average Bonchev–Trinajstić information content (AvgIpc) is 3.08. The highest BCUT2D eigenvalue weighted by Gasteiger charge is 2.29. The van der Waals surface area contributed by atoms with E-state index in [1.807, 2.05) is 48.7 Å². The molecule has 1 saturated heterocycles. The molecule has 0 spiro atoms. The number of carbonyl (C=O) groups is 2. The first-order valence-electron chi connectivity index (χ1n) is 8.44. The number of amides is 2. The quantitative estimate of drug-likeness (QED) is 0.836. The van der Waals surface area contributed by atoms with Crippen LogP contribution in [0.4, 0.5) is 5.69 Å². The third-order valence-electron chi connectivity index (χ3n) is 4.70. The molecule has 3 rings (SSSR count). The van der Waals surface area contributed by atoms with E-state index in [0.29, 0.717) is 12.5 Å². The van der Waals surface area contributed by atoms with Crippen LogP contribution in [0.3, 0.4) is 0 Å². The second-order valence-corrected chi connectivity index (χ2v) is 7.44. The summed E-state index contributed by atoms with van der Waals surface area (Å²) in [5.41, 5.74) is 1.71. The lowest BCUT2D eigenvalue weighted by molar-refractivity contribution is -0.121. The average molecular weight is 357 g/mol. The maximum atomic E-state index is 12.5. The van der Waals surface area contributed by atoms with Gasteiger partial charge in [-0.2, -0.15) is 0 Å². The second kappa shape index (κ2) is 7.80. The summed E-state index contributed by atoms with van der Waals surface area (Å²) in [6, 6.07) is 11.4. The molecule has 2 amide bonds. The van der Waals surface area contributed by atoms with Gasteiger partial charge in [0, 0.05) is 25.2 Å². The predicted molar refractivity (Wildman–Crippen MR) is 101 cm³/mol. The Labute approximate surface area is 152 Å². The van der Waals surface area contributed by atoms with E-state index in [9.17, 15) is 9.59 Å². The molecule has 2 aromatic rings. The van der Waals surface area contributed by atoms with Gasteiger partial charge >= 0.3 is 0 Å². The zero-order valence-corrected chi connectivity index (χ0v) is 15.3. The molecule has 25 heavy (non-hydrogen) atoms. The Kier molecular flexibility index (Phi) is 5.50. The summed E-state index contributed by atoms with van der Waals surface area (Å²) in [4.78, 5) is 27.3. The van der Waals surface area contributed by atoms with Gasteiger partial charge in [-0.05, 0) is 42.1 Å². The molecule has 1 unspecified atom stereocenters. The van der Waals surface area contributed by atoms with Crippen molar-refractivity contribution >= 4 is 28.8 Å². The highest BCUT2D eigenvalue weighted by atomic mass is 32.1. The fraction of sp³-hybridized carbons (Fsp3) is 0.368. The van der Waals surface area contributed by atoms with Gasteiger partial charge in [0.2, 0.25) is 5.91 Å². The third kappa shape index (κ3) is 4.08. The van der Waals surface area contributed by atoms with E-state index in [-0.39, 0.29) is 17.7 Å². The van der Waals surface area contributed by atoms with Gasteiger partial charge in [-0.1, -0.05) is 31.2 Å². The first-order chi connectivity index (χ1) is 12.1. The van der Waals surface area contributed by atoms with Crippen molar-refractivity contribution < 1.29 is 9.59 Å². The van der Waals surface area contributed by atoms with Gasteiger partial charge in [-0.25, -0.2) is 0 Å². The molecule has 1 fully saturated rings. The van der Waals surface area contributed by atoms with Gasteiger partial charge in [-0.15, -0.1) is 11.3 Å². The third-order valence-corrected chi connectivity index (χ3v) is 5.55. The first-order valence-corrected chi connectivity index (χ1v) is 9.32. The van der Waals surface area contributed by atoms with Crippen molar-refractivity contribution in [3.05, 3.63) is 52.2 Å². The van der Waals surface area contributed by atoms with Gasteiger partial charge in [0.05, 0.1) is 4.88 Å². The molecular weight excluding hydrogens is 334 g/mol. The molecule has 5 nitrogen and oxygen atoms in total. The van der Waals surface area contributed by atoms with Crippen LogP contribution in [0.25, 0.3) is 0 Å². The van der Waals surface area contributed by atoms with Gasteiger partial charge in [0.1, 0.15) is 0 Å². The highest BCUT2D eigenvalue weighted by molar-refractivity contribution is 7.12. The zero-order valence-electron chi connectivity index (χ0n) is 14.5.